The van der Waals surface area contributed by atoms with Gasteiger partial charge in [-0.15, -0.1) is 0 Å². The zero-order chi connectivity index (χ0) is 13.8. The van der Waals surface area contributed by atoms with Crippen molar-refractivity contribution in [2.24, 2.45) is 5.73 Å². The molecule has 0 bridgehead atoms. The fourth-order valence-electron chi connectivity index (χ4n) is 1.78. The van der Waals surface area contributed by atoms with Crippen molar-refractivity contribution in [3.8, 4) is 17.1 Å². The standard InChI is InChI=1S/C13H16ClN3O2/c1-3-4-10(15)13-16-12(17-19-13)9-6-5-8(14)7-11(9)18-2/h5-7,10H,3-4,15H2,1-2H3. The molecule has 2 aromatic rings. The van der Waals surface area contributed by atoms with E-state index in [0.717, 1.165) is 18.4 Å². The smallest absolute Gasteiger partial charge is 0.243 e. The summed E-state index contributed by atoms with van der Waals surface area (Å²) in [5.74, 6) is 1.49. The third kappa shape index (κ3) is 3.05. The first-order valence-electron chi connectivity index (χ1n) is 6.08. The van der Waals surface area contributed by atoms with E-state index in [1.54, 1.807) is 25.3 Å². The van der Waals surface area contributed by atoms with Gasteiger partial charge in [-0.05, 0) is 24.6 Å². The maximum atomic E-state index is 5.94. The highest BCUT2D eigenvalue weighted by Crippen LogP contribution is 2.31. The topological polar surface area (TPSA) is 74.2 Å². The van der Waals surface area contributed by atoms with Crippen LogP contribution in [0.25, 0.3) is 11.4 Å². The summed E-state index contributed by atoms with van der Waals surface area (Å²) in [5, 5.41) is 4.53. The quantitative estimate of drug-likeness (QED) is 0.911. The summed E-state index contributed by atoms with van der Waals surface area (Å²) in [5.41, 5.74) is 6.67. The van der Waals surface area contributed by atoms with E-state index in [1.807, 2.05) is 0 Å². The van der Waals surface area contributed by atoms with Crippen molar-refractivity contribution in [3.63, 3.8) is 0 Å². The fraction of sp³-hybridized carbons (Fsp3) is 0.385. The van der Waals surface area contributed by atoms with Crippen LogP contribution in [0, 0.1) is 0 Å². The molecule has 0 aliphatic heterocycles. The number of hydrogen-bond donors (Lipinski definition) is 1. The predicted octanol–water partition coefficient (Wildman–Crippen LogP) is 3.20. The van der Waals surface area contributed by atoms with Gasteiger partial charge in [0.05, 0.1) is 18.7 Å². The first-order chi connectivity index (χ1) is 9.15. The Morgan fingerprint density at radius 2 is 2.26 bits per heavy atom. The molecule has 5 nitrogen and oxygen atoms in total. The van der Waals surface area contributed by atoms with Crippen molar-refractivity contribution in [2.75, 3.05) is 7.11 Å². The van der Waals surface area contributed by atoms with Crippen LogP contribution < -0.4 is 10.5 Å². The third-order valence-corrected chi connectivity index (χ3v) is 3.00. The van der Waals surface area contributed by atoms with Crippen molar-refractivity contribution >= 4 is 11.6 Å². The Bertz CT molecular complexity index is 557. The number of hydrogen-bond acceptors (Lipinski definition) is 5. The van der Waals surface area contributed by atoms with Crippen molar-refractivity contribution in [1.82, 2.24) is 10.1 Å². The highest BCUT2D eigenvalue weighted by Gasteiger charge is 2.17. The summed E-state index contributed by atoms with van der Waals surface area (Å²) >= 11 is 5.92. The molecule has 0 aliphatic rings. The molecule has 2 N–H and O–H groups in total. The maximum Gasteiger partial charge on any atom is 0.243 e. The van der Waals surface area contributed by atoms with E-state index in [9.17, 15) is 0 Å². The summed E-state index contributed by atoms with van der Waals surface area (Å²) < 4.78 is 10.4. The monoisotopic (exact) mass is 281 g/mol. The molecule has 102 valence electrons. The summed E-state index contributed by atoms with van der Waals surface area (Å²) in [7, 11) is 1.57. The molecule has 1 atom stereocenters. The Morgan fingerprint density at radius 3 is 2.95 bits per heavy atom. The van der Waals surface area contributed by atoms with Crippen LogP contribution >= 0.6 is 11.6 Å². The first kappa shape index (κ1) is 13.8. The SMILES string of the molecule is CCCC(N)c1nc(-c2ccc(Cl)cc2OC)no1. The molecule has 1 aromatic heterocycles. The molecule has 1 heterocycles. The Balaban J connectivity index is 2.32. The van der Waals surface area contributed by atoms with Gasteiger partial charge >= 0.3 is 0 Å². The van der Waals surface area contributed by atoms with Gasteiger partial charge in [-0.1, -0.05) is 30.1 Å². The van der Waals surface area contributed by atoms with Gasteiger partial charge in [0.15, 0.2) is 0 Å². The van der Waals surface area contributed by atoms with E-state index in [0.29, 0.717) is 22.5 Å². The highest BCUT2D eigenvalue weighted by molar-refractivity contribution is 6.30. The summed E-state index contributed by atoms with van der Waals surface area (Å²) in [4.78, 5) is 4.31. The lowest BCUT2D eigenvalue weighted by Crippen LogP contribution is -2.09. The maximum absolute atomic E-state index is 5.94. The van der Waals surface area contributed by atoms with E-state index < -0.39 is 0 Å². The van der Waals surface area contributed by atoms with Crippen LogP contribution in [0.2, 0.25) is 5.02 Å². The molecule has 0 radical (unpaired) electrons. The first-order valence-corrected chi connectivity index (χ1v) is 6.46. The Labute approximate surface area is 116 Å². The number of halogens is 1. The van der Waals surface area contributed by atoms with Gasteiger partial charge in [0, 0.05) is 5.02 Å². The molecule has 0 saturated carbocycles. The zero-order valence-electron chi connectivity index (χ0n) is 10.9. The van der Waals surface area contributed by atoms with Crippen LogP contribution in [-0.2, 0) is 0 Å². The number of aromatic nitrogens is 2. The molecule has 0 saturated heterocycles. The van der Waals surface area contributed by atoms with E-state index >= 15 is 0 Å². The molecule has 6 heteroatoms. The highest BCUT2D eigenvalue weighted by atomic mass is 35.5. The van der Waals surface area contributed by atoms with Gasteiger partial charge in [-0.2, -0.15) is 4.98 Å². The molecular formula is C13H16ClN3O2. The normalized spacial score (nSPS) is 12.4. The molecule has 0 spiro atoms. The second-order valence-electron chi connectivity index (χ2n) is 4.20. The summed E-state index contributed by atoms with van der Waals surface area (Å²) in [6.07, 6.45) is 1.77. The molecule has 19 heavy (non-hydrogen) atoms. The minimum Gasteiger partial charge on any atom is -0.496 e. The van der Waals surface area contributed by atoms with E-state index in [4.69, 9.17) is 26.6 Å². The Hall–Kier alpha value is -1.59. The zero-order valence-corrected chi connectivity index (χ0v) is 11.6. The number of methoxy groups -OCH3 is 1. The molecular weight excluding hydrogens is 266 g/mol. The molecule has 2 rings (SSSR count). The minimum atomic E-state index is -0.232. The van der Waals surface area contributed by atoms with Crippen LogP contribution in [0.5, 0.6) is 5.75 Å². The van der Waals surface area contributed by atoms with Crippen LogP contribution in [0.1, 0.15) is 31.7 Å². The van der Waals surface area contributed by atoms with Gasteiger partial charge in [-0.3, -0.25) is 0 Å². The Morgan fingerprint density at radius 1 is 1.47 bits per heavy atom. The average molecular weight is 282 g/mol. The largest absolute Gasteiger partial charge is 0.496 e. The van der Waals surface area contributed by atoms with Gasteiger partial charge in [0.1, 0.15) is 5.75 Å². The number of rotatable bonds is 5. The summed E-state index contributed by atoms with van der Waals surface area (Å²) in [6.45, 7) is 2.05. The lowest BCUT2D eigenvalue weighted by Gasteiger charge is -2.05. The van der Waals surface area contributed by atoms with Gasteiger partial charge in [0.2, 0.25) is 11.7 Å². The molecule has 0 amide bonds. The lowest BCUT2D eigenvalue weighted by atomic mass is 10.1. The van der Waals surface area contributed by atoms with Crippen molar-refractivity contribution in [1.29, 1.82) is 0 Å². The van der Waals surface area contributed by atoms with Crippen molar-refractivity contribution in [3.05, 3.63) is 29.1 Å². The number of ether oxygens (including phenoxy) is 1. The van der Waals surface area contributed by atoms with Crippen molar-refractivity contribution < 1.29 is 9.26 Å². The van der Waals surface area contributed by atoms with Crippen LogP contribution in [0.15, 0.2) is 22.7 Å². The van der Waals surface area contributed by atoms with Gasteiger partial charge in [0.25, 0.3) is 0 Å². The van der Waals surface area contributed by atoms with Crippen molar-refractivity contribution in [2.45, 2.75) is 25.8 Å². The molecule has 1 aromatic carbocycles. The number of nitrogens with zero attached hydrogens (tertiary/aromatic N) is 2. The second kappa shape index (κ2) is 6.04. The van der Waals surface area contributed by atoms with Crippen LogP contribution in [-0.4, -0.2) is 17.3 Å². The third-order valence-electron chi connectivity index (χ3n) is 2.76. The second-order valence-corrected chi connectivity index (χ2v) is 4.63. The fourth-order valence-corrected chi connectivity index (χ4v) is 1.94. The molecule has 0 fully saturated rings. The Kier molecular flexibility index (Phi) is 4.39. The van der Waals surface area contributed by atoms with Crippen LogP contribution in [0.3, 0.4) is 0 Å². The van der Waals surface area contributed by atoms with Gasteiger partial charge < -0.3 is 15.0 Å². The molecule has 1 unspecified atom stereocenters. The average Bonchev–Trinajstić information content (AvgIpc) is 2.88. The lowest BCUT2D eigenvalue weighted by molar-refractivity contribution is 0.348. The molecule has 0 aliphatic carbocycles. The summed E-state index contributed by atoms with van der Waals surface area (Å²) in [6, 6.07) is 5.02. The number of nitrogens with two attached hydrogens (primary N) is 1. The van der Waals surface area contributed by atoms with Gasteiger partial charge in [-0.25, -0.2) is 0 Å². The minimum absolute atomic E-state index is 0.232. The van der Waals surface area contributed by atoms with E-state index in [2.05, 4.69) is 17.1 Å². The van der Waals surface area contributed by atoms with E-state index in [-0.39, 0.29) is 6.04 Å². The van der Waals surface area contributed by atoms with E-state index in [1.165, 1.54) is 0 Å². The predicted molar refractivity (Wildman–Crippen MR) is 73.1 cm³/mol. The van der Waals surface area contributed by atoms with Crippen LogP contribution in [0.4, 0.5) is 0 Å². The number of benzene rings is 1.